The van der Waals surface area contributed by atoms with E-state index in [2.05, 4.69) is 4.98 Å². The maximum Gasteiger partial charge on any atom is 0.258 e. The van der Waals surface area contributed by atoms with E-state index in [0.29, 0.717) is 18.2 Å². The van der Waals surface area contributed by atoms with Crippen molar-refractivity contribution in [3.8, 4) is 17.0 Å². The Bertz CT molecular complexity index is 954. The molecular formula is C21H16N2O3. The van der Waals surface area contributed by atoms with E-state index < -0.39 is 0 Å². The highest BCUT2D eigenvalue weighted by Crippen LogP contribution is 2.31. The molecule has 0 atom stereocenters. The van der Waals surface area contributed by atoms with Crippen LogP contribution < -0.4 is 9.64 Å². The first kappa shape index (κ1) is 15.9. The molecule has 1 aliphatic rings. The van der Waals surface area contributed by atoms with Gasteiger partial charge < -0.3 is 9.72 Å². The van der Waals surface area contributed by atoms with Crippen LogP contribution in [0.5, 0.6) is 5.88 Å². The van der Waals surface area contributed by atoms with Crippen LogP contribution in [0.1, 0.15) is 5.56 Å². The molecule has 2 aromatic carbocycles. The number of ether oxygens (including phenoxy) is 1. The number of nitrogens with one attached hydrogen (secondary N) is 1. The number of carbonyl (C=O) groups is 2. The van der Waals surface area contributed by atoms with Crippen LogP contribution in [0.15, 0.2) is 79.0 Å². The molecule has 5 heteroatoms. The highest BCUT2D eigenvalue weighted by atomic mass is 16.5. The van der Waals surface area contributed by atoms with Crippen molar-refractivity contribution in [3.63, 3.8) is 0 Å². The normalized spacial score (nSPS) is 13.5. The lowest BCUT2D eigenvalue weighted by Gasteiger charge is -2.14. The fourth-order valence-electron chi connectivity index (χ4n) is 2.88. The Morgan fingerprint density at radius 3 is 2.23 bits per heavy atom. The summed E-state index contributed by atoms with van der Waals surface area (Å²) in [6, 6.07) is 19.1. The minimum absolute atomic E-state index is 0.323. The van der Waals surface area contributed by atoms with Crippen LogP contribution in [0.4, 0.5) is 5.69 Å². The van der Waals surface area contributed by atoms with Gasteiger partial charge in [0.1, 0.15) is 6.61 Å². The first-order valence-electron chi connectivity index (χ1n) is 8.23. The molecule has 3 aromatic rings. The number of hydrogen-bond donors (Lipinski definition) is 1. The van der Waals surface area contributed by atoms with Gasteiger partial charge in [-0.05, 0) is 29.3 Å². The number of aromatic amines is 1. The molecule has 1 aliphatic heterocycles. The van der Waals surface area contributed by atoms with Crippen molar-refractivity contribution in [2.24, 2.45) is 0 Å². The number of imide groups is 1. The average Bonchev–Trinajstić information content (AvgIpc) is 3.27. The topological polar surface area (TPSA) is 62.4 Å². The number of aromatic nitrogens is 1. The van der Waals surface area contributed by atoms with Gasteiger partial charge in [-0.3, -0.25) is 9.59 Å². The second kappa shape index (κ2) is 6.72. The third kappa shape index (κ3) is 3.02. The van der Waals surface area contributed by atoms with E-state index in [-0.39, 0.29) is 11.8 Å². The summed E-state index contributed by atoms with van der Waals surface area (Å²) in [4.78, 5) is 27.8. The van der Waals surface area contributed by atoms with E-state index in [9.17, 15) is 9.59 Å². The van der Waals surface area contributed by atoms with Crippen LogP contribution in [0.2, 0.25) is 0 Å². The lowest BCUT2D eigenvalue weighted by atomic mass is 10.1. The van der Waals surface area contributed by atoms with Gasteiger partial charge in [0.15, 0.2) is 5.88 Å². The van der Waals surface area contributed by atoms with E-state index >= 15 is 0 Å². The summed E-state index contributed by atoms with van der Waals surface area (Å²) < 4.78 is 5.90. The molecule has 1 aromatic heterocycles. The first-order valence-corrected chi connectivity index (χ1v) is 8.23. The molecule has 0 spiro atoms. The smallest absolute Gasteiger partial charge is 0.258 e. The molecule has 2 amide bonds. The van der Waals surface area contributed by atoms with Crippen molar-refractivity contribution < 1.29 is 14.3 Å². The predicted octanol–water partition coefficient (Wildman–Crippen LogP) is 3.69. The van der Waals surface area contributed by atoms with Crippen molar-refractivity contribution in [2.75, 3.05) is 4.90 Å². The summed E-state index contributed by atoms with van der Waals surface area (Å²) in [5, 5.41) is 0. The fourth-order valence-corrected chi connectivity index (χ4v) is 2.88. The Hall–Kier alpha value is -3.60. The number of nitrogens with zero attached hydrogens (tertiary/aromatic N) is 1. The summed E-state index contributed by atoms with van der Waals surface area (Å²) in [5.41, 5.74) is 3.49. The molecule has 0 aliphatic carbocycles. The van der Waals surface area contributed by atoms with Crippen LogP contribution in [0, 0.1) is 0 Å². The van der Waals surface area contributed by atoms with E-state index in [1.807, 2.05) is 54.7 Å². The molecule has 4 rings (SSSR count). The SMILES string of the molecule is O=C1C=CC(=O)N1c1ccc(-c2cc[nH]c2OCc2ccccc2)cc1. The Balaban J connectivity index is 1.53. The molecule has 128 valence electrons. The zero-order valence-electron chi connectivity index (χ0n) is 13.9. The second-order valence-electron chi connectivity index (χ2n) is 5.89. The van der Waals surface area contributed by atoms with Crippen LogP contribution >= 0.6 is 0 Å². The Morgan fingerprint density at radius 1 is 0.846 bits per heavy atom. The van der Waals surface area contributed by atoms with Gasteiger partial charge in [-0.1, -0.05) is 42.5 Å². The molecule has 1 N–H and O–H groups in total. The molecule has 0 saturated heterocycles. The molecule has 2 heterocycles. The Labute approximate surface area is 150 Å². The molecule has 0 saturated carbocycles. The van der Waals surface area contributed by atoms with Gasteiger partial charge in [-0.15, -0.1) is 0 Å². The maximum atomic E-state index is 11.8. The zero-order chi connectivity index (χ0) is 17.9. The standard InChI is InChI=1S/C21H16N2O3/c24-19-10-11-20(25)23(19)17-8-6-16(7-9-17)18-12-13-22-21(18)26-14-15-4-2-1-3-5-15/h1-13,22H,14H2. The maximum absolute atomic E-state index is 11.8. The van der Waals surface area contributed by atoms with Gasteiger partial charge in [0.25, 0.3) is 11.8 Å². The quantitative estimate of drug-likeness (QED) is 0.718. The van der Waals surface area contributed by atoms with E-state index in [0.717, 1.165) is 21.6 Å². The van der Waals surface area contributed by atoms with Gasteiger partial charge in [-0.2, -0.15) is 0 Å². The number of H-pyrrole nitrogens is 1. The Morgan fingerprint density at radius 2 is 1.54 bits per heavy atom. The third-order valence-corrected chi connectivity index (χ3v) is 4.18. The highest BCUT2D eigenvalue weighted by Gasteiger charge is 2.25. The zero-order valence-corrected chi connectivity index (χ0v) is 13.9. The Kier molecular flexibility index (Phi) is 4.11. The molecule has 0 unspecified atom stereocenters. The molecule has 0 bridgehead atoms. The van der Waals surface area contributed by atoms with Crippen LogP contribution in [0.3, 0.4) is 0 Å². The lowest BCUT2D eigenvalue weighted by molar-refractivity contribution is -0.119. The first-order chi connectivity index (χ1) is 12.7. The van der Waals surface area contributed by atoms with Crippen molar-refractivity contribution >= 4 is 17.5 Å². The number of rotatable bonds is 5. The third-order valence-electron chi connectivity index (χ3n) is 4.18. The predicted molar refractivity (Wildman–Crippen MR) is 98.6 cm³/mol. The van der Waals surface area contributed by atoms with E-state index in [4.69, 9.17) is 4.74 Å². The molecular weight excluding hydrogens is 328 g/mol. The van der Waals surface area contributed by atoms with E-state index in [1.54, 1.807) is 12.1 Å². The minimum Gasteiger partial charge on any atom is -0.474 e. The number of anilines is 1. The van der Waals surface area contributed by atoms with Gasteiger partial charge in [0.2, 0.25) is 0 Å². The minimum atomic E-state index is -0.323. The van der Waals surface area contributed by atoms with Gasteiger partial charge in [0, 0.05) is 23.9 Å². The largest absolute Gasteiger partial charge is 0.474 e. The molecule has 26 heavy (non-hydrogen) atoms. The number of carbonyl (C=O) groups excluding carboxylic acids is 2. The monoisotopic (exact) mass is 344 g/mol. The van der Waals surface area contributed by atoms with Crippen molar-refractivity contribution in [1.29, 1.82) is 0 Å². The summed E-state index contributed by atoms with van der Waals surface area (Å²) in [5.74, 6) is 0.0316. The number of benzene rings is 2. The number of amides is 2. The molecule has 0 radical (unpaired) electrons. The summed E-state index contributed by atoms with van der Waals surface area (Å²) in [6.45, 7) is 0.467. The summed E-state index contributed by atoms with van der Waals surface area (Å²) in [6.07, 6.45) is 4.37. The van der Waals surface area contributed by atoms with Crippen LogP contribution in [0.25, 0.3) is 11.1 Å². The average molecular weight is 344 g/mol. The van der Waals surface area contributed by atoms with Crippen LogP contribution in [-0.2, 0) is 16.2 Å². The second-order valence-corrected chi connectivity index (χ2v) is 5.89. The van der Waals surface area contributed by atoms with Gasteiger partial charge in [-0.25, -0.2) is 4.90 Å². The fraction of sp³-hybridized carbons (Fsp3) is 0.0476. The van der Waals surface area contributed by atoms with Crippen molar-refractivity contribution in [1.82, 2.24) is 4.98 Å². The van der Waals surface area contributed by atoms with Crippen molar-refractivity contribution in [2.45, 2.75) is 6.61 Å². The van der Waals surface area contributed by atoms with Gasteiger partial charge in [0.05, 0.1) is 5.69 Å². The lowest BCUT2D eigenvalue weighted by Crippen LogP contribution is -2.29. The van der Waals surface area contributed by atoms with Crippen LogP contribution in [-0.4, -0.2) is 16.8 Å². The summed E-state index contributed by atoms with van der Waals surface area (Å²) in [7, 11) is 0. The highest BCUT2D eigenvalue weighted by molar-refractivity contribution is 6.28. The van der Waals surface area contributed by atoms with E-state index in [1.165, 1.54) is 12.2 Å². The van der Waals surface area contributed by atoms with Gasteiger partial charge >= 0.3 is 0 Å². The number of hydrogen-bond acceptors (Lipinski definition) is 3. The summed E-state index contributed by atoms with van der Waals surface area (Å²) >= 11 is 0. The van der Waals surface area contributed by atoms with Crippen molar-refractivity contribution in [3.05, 3.63) is 84.6 Å². The molecule has 5 nitrogen and oxygen atoms in total. The molecule has 0 fully saturated rings.